The maximum absolute atomic E-state index is 9.02. The van der Waals surface area contributed by atoms with Gasteiger partial charge in [0.25, 0.3) is 0 Å². The zero-order valence-corrected chi connectivity index (χ0v) is 9.37. The second-order valence-corrected chi connectivity index (χ2v) is 3.88. The van der Waals surface area contributed by atoms with Gasteiger partial charge in [0.15, 0.2) is 0 Å². The Hall–Kier alpha value is -0.770. The highest BCUT2D eigenvalue weighted by atomic mass is 35.5. The van der Waals surface area contributed by atoms with E-state index in [4.69, 9.17) is 26.6 Å². The summed E-state index contributed by atoms with van der Waals surface area (Å²) >= 11 is 5.56. The number of benzene rings is 1. The Labute approximate surface area is 94.3 Å². The molecule has 0 radical (unpaired) electrons. The SMILES string of the molecule is Cc1ccc(Cl)cc1O.OC1CCOC1. The van der Waals surface area contributed by atoms with Crippen molar-refractivity contribution in [2.75, 3.05) is 13.2 Å². The van der Waals surface area contributed by atoms with Gasteiger partial charge in [-0.05, 0) is 31.0 Å². The molecule has 0 aliphatic carbocycles. The lowest BCUT2D eigenvalue weighted by atomic mass is 10.2. The predicted molar refractivity (Wildman–Crippen MR) is 59.3 cm³/mol. The number of phenols is 1. The fraction of sp³-hybridized carbons (Fsp3) is 0.455. The summed E-state index contributed by atoms with van der Waals surface area (Å²) in [6.45, 7) is 3.10. The van der Waals surface area contributed by atoms with Gasteiger partial charge >= 0.3 is 0 Å². The predicted octanol–water partition coefficient (Wildman–Crippen LogP) is 2.12. The smallest absolute Gasteiger partial charge is 0.119 e. The van der Waals surface area contributed by atoms with Crippen LogP contribution in [0.4, 0.5) is 0 Å². The van der Waals surface area contributed by atoms with E-state index in [0.29, 0.717) is 11.6 Å². The zero-order chi connectivity index (χ0) is 11.3. The molecule has 2 rings (SSSR count). The van der Waals surface area contributed by atoms with E-state index in [1.165, 1.54) is 6.07 Å². The second-order valence-electron chi connectivity index (χ2n) is 3.45. The minimum absolute atomic E-state index is 0.176. The number of ether oxygens (including phenoxy) is 1. The summed E-state index contributed by atoms with van der Waals surface area (Å²) in [5.41, 5.74) is 0.847. The number of aromatic hydroxyl groups is 1. The van der Waals surface area contributed by atoms with Gasteiger partial charge in [-0.1, -0.05) is 17.7 Å². The monoisotopic (exact) mass is 230 g/mol. The van der Waals surface area contributed by atoms with E-state index in [1.54, 1.807) is 12.1 Å². The van der Waals surface area contributed by atoms with Crippen molar-refractivity contribution >= 4 is 11.6 Å². The molecule has 1 aliphatic rings. The van der Waals surface area contributed by atoms with Crippen molar-refractivity contribution in [3.8, 4) is 5.75 Å². The molecule has 0 saturated carbocycles. The minimum atomic E-state index is -0.176. The van der Waals surface area contributed by atoms with Gasteiger partial charge in [0, 0.05) is 11.6 Å². The number of hydrogen-bond acceptors (Lipinski definition) is 3. The van der Waals surface area contributed by atoms with Crippen LogP contribution in [0.25, 0.3) is 0 Å². The van der Waals surface area contributed by atoms with Crippen LogP contribution in [0.1, 0.15) is 12.0 Å². The molecule has 1 unspecified atom stereocenters. The summed E-state index contributed by atoms with van der Waals surface area (Å²) in [4.78, 5) is 0. The van der Waals surface area contributed by atoms with E-state index in [1.807, 2.05) is 6.92 Å². The summed E-state index contributed by atoms with van der Waals surface area (Å²) in [6, 6.07) is 5.05. The molecule has 1 aromatic rings. The Bertz CT molecular complexity index is 309. The van der Waals surface area contributed by atoms with E-state index in [-0.39, 0.29) is 11.9 Å². The van der Waals surface area contributed by atoms with Crippen LogP contribution in [0.3, 0.4) is 0 Å². The summed E-state index contributed by atoms with van der Waals surface area (Å²) in [7, 11) is 0. The van der Waals surface area contributed by atoms with Crippen LogP contribution in [-0.2, 0) is 4.74 Å². The van der Waals surface area contributed by atoms with Crippen LogP contribution in [0, 0.1) is 6.92 Å². The van der Waals surface area contributed by atoms with Crippen molar-refractivity contribution in [1.29, 1.82) is 0 Å². The molecule has 0 aromatic heterocycles. The third kappa shape index (κ3) is 4.51. The maximum atomic E-state index is 9.02. The van der Waals surface area contributed by atoms with E-state index in [2.05, 4.69) is 0 Å². The third-order valence-corrected chi connectivity index (χ3v) is 2.31. The van der Waals surface area contributed by atoms with Gasteiger partial charge in [0.2, 0.25) is 0 Å². The fourth-order valence-electron chi connectivity index (χ4n) is 1.10. The van der Waals surface area contributed by atoms with Crippen molar-refractivity contribution in [1.82, 2.24) is 0 Å². The van der Waals surface area contributed by atoms with Gasteiger partial charge in [-0.25, -0.2) is 0 Å². The number of aryl methyl sites for hydroxylation is 1. The van der Waals surface area contributed by atoms with E-state index < -0.39 is 0 Å². The number of aliphatic hydroxyl groups excluding tert-OH is 1. The Morgan fingerprint density at radius 2 is 2.20 bits per heavy atom. The average molecular weight is 231 g/mol. The quantitative estimate of drug-likeness (QED) is 0.718. The van der Waals surface area contributed by atoms with Gasteiger partial charge < -0.3 is 14.9 Å². The van der Waals surface area contributed by atoms with Crippen LogP contribution in [0.15, 0.2) is 18.2 Å². The van der Waals surface area contributed by atoms with E-state index in [9.17, 15) is 0 Å². The highest BCUT2D eigenvalue weighted by molar-refractivity contribution is 6.30. The molecule has 1 saturated heterocycles. The van der Waals surface area contributed by atoms with Crippen LogP contribution >= 0.6 is 11.6 Å². The normalized spacial score (nSPS) is 19.5. The first-order chi connectivity index (χ1) is 7.09. The lowest BCUT2D eigenvalue weighted by Gasteiger charge is -1.95. The molecule has 1 atom stereocenters. The van der Waals surface area contributed by atoms with Crippen molar-refractivity contribution in [3.63, 3.8) is 0 Å². The lowest BCUT2D eigenvalue weighted by Crippen LogP contribution is -2.02. The Morgan fingerprint density at radius 1 is 1.47 bits per heavy atom. The molecule has 1 heterocycles. The molecule has 1 fully saturated rings. The van der Waals surface area contributed by atoms with Gasteiger partial charge in [0.05, 0.1) is 12.7 Å². The van der Waals surface area contributed by atoms with Gasteiger partial charge in [-0.3, -0.25) is 0 Å². The summed E-state index contributed by atoms with van der Waals surface area (Å²) in [5, 5.41) is 18.2. The largest absolute Gasteiger partial charge is 0.508 e. The molecule has 2 N–H and O–H groups in total. The first-order valence-corrected chi connectivity index (χ1v) is 5.18. The number of rotatable bonds is 0. The molecule has 84 valence electrons. The highest BCUT2D eigenvalue weighted by Gasteiger charge is 2.09. The van der Waals surface area contributed by atoms with Crippen LogP contribution in [-0.4, -0.2) is 29.5 Å². The number of halogens is 1. The Morgan fingerprint density at radius 3 is 2.53 bits per heavy atom. The number of hydrogen-bond donors (Lipinski definition) is 2. The lowest BCUT2D eigenvalue weighted by molar-refractivity contribution is 0.127. The average Bonchev–Trinajstić information content (AvgIpc) is 2.64. The van der Waals surface area contributed by atoms with Crippen molar-refractivity contribution in [3.05, 3.63) is 28.8 Å². The van der Waals surface area contributed by atoms with Crippen LogP contribution in [0.5, 0.6) is 5.75 Å². The molecular formula is C11H15ClO3. The fourth-order valence-corrected chi connectivity index (χ4v) is 1.27. The summed E-state index contributed by atoms with van der Waals surface area (Å²) < 4.78 is 4.81. The standard InChI is InChI=1S/C7H7ClO.C4H8O2/c1-5-2-3-6(8)4-7(5)9;5-4-1-2-6-3-4/h2-4,9H,1H3;4-5H,1-3H2. The second kappa shape index (κ2) is 5.95. The Balaban J connectivity index is 0.000000162. The molecule has 1 aliphatic heterocycles. The van der Waals surface area contributed by atoms with E-state index >= 15 is 0 Å². The molecule has 0 amide bonds. The maximum Gasteiger partial charge on any atom is 0.119 e. The van der Waals surface area contributed by atoms with Gasteiger partial charge in [-0.15, -0.1) is 0 Å². The van der Waals surface area contributed by atoms with Gasteiger partial charge in [-0.2, -0.15) is 0 Å². The molecule has 0 spiro atoms. The molecular weight excluding hydrogens is 216 g/mol. The molecule has 3 nitrogen and oxygen atoms in total. The topological polar surface area (TPSA) is 49.7 Å². The molecule has 15 heavy (non-hydrogen) atoms. The number of aliphatic hydroxyl groups is 1. The van der Waals surface area contributed by atoms with Crippen LogP contribution < -0.4 is 0 Å². The first kappa shape index (κ1) is 12.3. The summed E-state index contributed by atoms with van der Waals surface area (Å²) in [6.07, 6.45) is 0.644. The van der Waals surface area contributed by atoms with Crippen molar-refractivity contribution in [2.24, 2.45) is 0 Å². The van der Waals surface area contributed by atoms with Crippen molar-refractivity contribution < 1.29 is 14.9 Å². The Kier molecular flexibility index (Phi) is 4.88. The molecule has 1 aromatic carbocycles. The highest BCUT2D eigenvalue weighted by Crippen LogP contribution is 2.20. The number of phenolic OH excluding ortho intramolecular Hbond substituents is 1. The molecule has 4 heteroatoms. The van der Waals surface area contributed by atoms with Crippen LogP contribution in [0.2, 0.25) is 5.02 Å². The van der Waals surface area contributed by atoms with Crippen molar-refractivity contribution in [2.45, 2.75) is 19.4 Å². The van der Waals surface area contributed by atoms with E-state index in [0.717, 1.165) is 18.6 Å². The third-order valence-electron chi connectivity index (χ3n) is 2.08. The van der Waals surface area contributed by atoms with Gasteiger partial charge in [0.1, 0.15) is 5.75 Å². The summed E-state index contributed by atoms with van der Waals surface area (Å²) in [5.74, 6) is 0.252. The minimum Gasteiger partial charge on any atom is -0.508 e. The first-order valence-electron chi connectivity index (χ1n) is 4.80. The zero-order valence-electron chi connectivity index (χ0n) is 8.61. The molecule has 0 bridgehead atoms.